The smallest absolute Gasteiger partial charge is 0.264 e. The summed E-state index contributed by atoms with van der Waals surface area (Å²) >= 11 is 1.49. The largest absolute Gasteiger partial charge is 0.483 e. The first-order valence-electron chi connectivity index (χ1n) is 11.0. The van der Waals surface area contributed by atoms with Gasteiger partial charge in [-0.25, -0.2) is 4.98 Å². The van der Waals surface area contributed by atoms with Gasteiger partial charge in [0.2, 0.25) is 0 Å². The second-order valence-corrected chi connectivity index (χ2v) is 10.3. The van der Waals surface area contributed by atoms with Crippen molar-refractivity contribution in [3.63, 3.8) is 0 Å². The van der Waals surface area contributed by atoms with Crippen LogP contribution in [0.3, 0.4) is 0 Å². The number of aryl methyl sites for hydroxylation is 1. The molecule has 1 aromatic heterocycles. The van der Waals surface area contributed by atoms with E-state index in [1.54, 1.807) is 0 Å². The maximum Gasteiger partial charge on any atom is 0.264 e. The molecule has 1 saturated heterocycles. The molecule has 0 radical (unpaired) electrons. The van der Waals surface area contributed by atoms with E-state index in [1.165, 1.54) is 22.5 Å². The Labute approximate surface area is 193 Å². The maximum absolute atomic E-state index is 12.5. The standard InChI is InChI=1S/C25H31N3O3S/c1-17-5-8-21(19(13-17)25(2,3)4)31-16-23(29)27-24-26-20-7-6-18(14-22(20)32-24)15-28-9-11-30-12-10-28/h5-8,13-14H,9-12,15-16H2,1-4H3,(H,26,27,29). The summed E-state index contributed by atoms with van der Waals surface area (Å²) in [6.45, 7) is 12.8. The molecule has 0 spiro atoms. The Morgan fingerprint density at radius 1 is 1.19 bits per heavy atom. The number of nitrogens with zero attached hydrogens (tertiary/aromatic N) is 2. The zero-order valence-electron chi connectivity index (χ0n) is 19.2. The van der Waals surface area contributed by atoms with Gasteiger partial charge in [-0.2, -0.15) is 0 Å². The van der Waals surface area contributed by atoms with Crippen LogP contribution >= 0.6 is 11.3 Å². The summed E-state index contributed by atoms with van der Waals surface area (Å²) in [6, 6.07) is 12.4. The molecule has 4 rings (SSSR count). The number of ether oxygens (including phenoxy) is 2. The van der Waals surface area contributed by atoms with E-state index in [0.29, 0.717) is 5.13 Å². The molecule has 2 aromatic carbocycles. The van der Waals surface area contributed by atoms with Gasteiger partial charge in [0.25, 0.3) is 5.91 Å². The zero-order valence-corrected chi connectivity index (χ0v) is 20.1. The van der Waals surface area contributed by atoms with Crippen LogP contribution in [0.2, 0.25) is 0 Å². The van der Waals surface area contributed by atoms with Gasteiger partial charge < -0.3 is 9.47 Å². The number of amides is 1. The molecule has 0 bridgehead atoms. The van der Waals surface area contributed by atoms with Crippen molar-refractivity contribution in [1.82, 2.24) is 9.88 Å². The molecule has 2 heterocycles. The van der Waals surface area contributed by atoms with Gasteiger partial charge in [0.1, 0.15) is 5.75 Å². The molecule has 0 aliphatic carbocycles. The molecule has 7 heteroatoms. The third-order valence-electron chi connectivity index (χ3n) is 5.51. The third kappa shape index (κ3) is 5.65. The highest BCUT2D eigenvalue weighted by atomic mass is 32.1. The van der Waals surface area contributed by atoms with E-state index in [0.717, 1.165) is 54.4 Å². The van der Waals surface area contributed by atoms with Crippen LogP contribution in [0.1, 0.15) is 37.5 Å². The Balaban J connectivity index is 1.38. The third-order valence-corrected chi connectivity index (χ3v) is 6.44. The molecule has 1 aliphatic rings. The second kappa shape index (κ2) is 9.57. The summed E-state index contributed by atoms with van der Waals surface area (Å²) in [4.78, 5) is 19.5. The first-order valence-corrected chi connectivity index (χ1v) is 11.8. The van der Waals surface area contributed by atoms with E-state index in [4.69, 9.17) is 9.47 Å². The van der Waals surface area contributed by atoms with Gasteiger partial charge >= 0.3 is 0 Å². The molecule has 0 unspecified atom stereocenters. The second-order valence-electron chi connectivity index (χ2n) is 9.30. The molecule has 1 aliphatic heterocycles. The Bertz CT molecular complexity index is 1100. The topological polar surface area (TPSA) is 63.7 Å². The molecule has 1 fully saturated rings. The molecular weight excluding hydrogens is 422 g/mol. The Morgan fingerprint density at radius 3 is 2.72 bits per heavy atom. The molecule has 1 N–H and O–H groups in total. The molecule has 0 atom stereocenters. The van der Waals surface area contributed by atoms with Gasteiger partial charge in [-0.1, -0.05) is 55.9 Å². The van der Waals surface area contributed by atoms with Crippen molar-refractivity contribution < 1.29 is 14.3 Å². The molecule has 3 aromatic rings. The van der Waals surface area contributed by atoms with Gasteiger partial charge in [-0.3, -0.25) is 15.0 Å². The van der Waals surface area contributed by atoms with E-state index in [1.807, 2.05) is 18.2 Å². The SMILES string of the molecule is Cc1ccc(OCC(=O)Nc2nc3ccc(CN4CCOCC4)cc3s2)c(C(C)(C)C)c1. The van der Waals surface area contributed by atoms with Gasteiger partial charge in [0.15, 0.2) is 11.7 Å². The molecule has 6 nitrogen and oxygen atoms in total. The minimum Gasteiger partial charge on any atom is -0.483 e. The Kier molecular flexibility index (Phi) is 6.79. The molecule has 0 saturated carbocycles. The fourth-order valence-electron chi connectivity index (χ4n) is 3.79. The summed E-state index contributed by atoms with van der Waals surface area (Å²) in [5.41, 5.74) is 4.35. The van der Waals surface area contributed by atoms with Crippen molar-refractivity contribution in [2.24, 2.45) is 0 Å². The number of aromatic nitrogens is 1. The van der Waals surface area contributed by atoms with Crippen molar-refractivity contribution in [2.75, 3.05) is 38.2 Å². The van der Waals surface area contributed by atoms with Crippen molar-refractivity contribution in [1.29, 1.82) is 0 Å². The van der Waals surface area contributed by atoms with Gasteiger partial charge in [0, 0.05) is 19.6 Å². The monoisotopic (exact) mass is 453 g/mol. The van der Waals surface area contributed by atoms with E-state index in [-0.39, 0.29) is 17.9 Å². The summed E-state index contributed by atoms with van der Waals surface area (Å²) < 4.78 is 12.4. The lowest BCUT2D eigenvalue weighted by atomic mass is 9.85. The average molecular weight is 454 g/mol. The van der Waals surface area contributed by atoms with Crippen LogP contribution < -0.4 is 10.1 Å². The number of anilines is 1. The predicted octanol–water partition coefficient (Wildman–Crippen LogP) is 4.75. The minimum atomic E-state index is -0.210. The van der Waals surface area contributed by atoms with Gasteiger partial charge in [-0.05, 0) is 41.7 Å². The number of hydrogen-bond acceptors (Lipinski definition) is 6. The molecular formula is C25H31N3O3S. The number of benzene rings is 2. The fraction of sp³-hybridized carbons (Fsp3) is 0.440. The highest BCUT2D eigenvalue weighted by molar-refractivity contribution is 7.22. The molecule has 170 valence electrons. The summed E-state index contributed by atoms with van der Waals surface area (Å²) in [6.07, 6.45) is 0. The highest BCUT2D eigenvalue weighted by Crippen LogP contribution is 2.32. The van der Waals surface area contributed by atoms with Crippen molar-refractivity contribution >= 4 is 32.6 Å². The van der Waals surface area contributed by atoms with Crippen LogP contribution in [0.25, 0.3) is 10.2 Å². The Hall–Kier alpha value is -2.48. The van der Waals surface area contributed by atoms with Gasteiger partial charge in [0.05, 0.1) is 23.4 Å². The van der Waals surface area contributed by atoms with Crippen LogP contribution in [-0.2, 0) is 21.5 Å². The van der Waals surface area contributed by atoms with E-state index in [9.17, 15) is 4.79 Å². The van der Waals surface area contributed by atoms with E-state index in [2.05, 4.69) is 61.1 Å². The number of carbonyl (C=O) groups is 1. The minimum absolute atomic E-state index is 0.0512. The lowest BCUT2D eigenvalue weighted by molar-refractivity contribution is -0.118. The summed E-state index contributed by atoms with van der Waals surface area (Å²) in [5.74, 6) is 0.535. The van der Waals surface area contributed by atoms with Gasteiger partial charge in [-0.15, -0.1) is 0 Å². The number of nitrogens with one attached hydrogen (secondary N) is 1. The Morgan fingerprint density at radius 2 is 1.97 bits per heavy atom. The molecule has 1 amide bonds. The number of hydrogen-bond donors (Lipinski definition) is 1. The number of fused-ring (bicyclic) bond motifs is 1. The van der Waals surface area contributed by atoms with Crippen LogP contribution in [-0.4, -0.2) is 48.7 Å². The molecule has 32 heavy (non-hydrogen) atoms. The maximum atomic E-state index is 12.5. The number of thiazole rings is 1. The van der Waals surface area contributed by atoms with Crippen LogP contribution in [0.5, 0.6) is 5.75 Å². The predicted molar refractivity (Wildman–Crippen MR) is 130 cm³/mol. The zero-order chi connectivity index (χ0) is 22.7. The van der Waals surface area contributed by atoms with Crippen LogP contribution in [0.4, 0.5) is 5.13 Å². The van der Waals surface area contributed by atoms with Crippen molar-refractivity contribution in [3.8, 4) is 5.75 Å². The van der Waals surface area contributed by atoms with E-state index < -0.39 is 0 Å². The fourth-order valence-corrected chi connectivity index (χ4v) is 4.74. The first kappa shape index (κ1) is 22.7. The summed E-state index contributed by atoms with van der Waals surface area (Å²) in [7, 11) is 0. The van der Waals surface area contributed by atoms with Crippen molar-refractivity contribution in [3.05, 3.63) is 53.1 Å². The normalized spacial score (nSPS) is 15.1. The lowest BCUT2D eigenvalue weighted by Gasteiger charge is -2.26. The number of morpholine rings is 1. The quantitative estimate of drug-likeness (QED) is 0.583. The number of rotatable bonds is 6. The van der Waals surface area contributed by atoms with Crippen LogP contribution in [0.15, 0.2) is 36.4 Å². The van der Waals surface area contributed by atoms with Crippen molar-refractivity contribution in [2.45, 2.75) is 39.7 Å². The first-order chi connectivity index (χ1) is 15.3. The summed E-state index contributed by atoms with van der Waals surface area (Å²) in [5, 5.41) is 3.48. The van der Waals surface area contributed by atoms with Crippen LogP contribution in [0, 0.1) is 6.92 Å². The van der Waals surface area contributed by atoms with E-state index >= 15 is 0 Å². The average Bonchev–Trinajstić information content (AvgIpc) is 3.14. The lowest BCUT2D eigenvalue weighted by Crippen LogP contribution is -2.35. The number of carbonyl (C=O) groups excluding carboxylic acids is 1. The highest BCUT2D eigenvalue weighted by Gasteiger charge is 2.20.